The maximum absolute atomic E-state index is 12.9. The molecule has 0 aliphatic rings. The highest BCUT2D eigenvalue weighted by Crippen LogP contribution is 2.25. The molecule has 0 radical (unpaired) electrons. The molecule has 9 heteroatoms. The number of carbonyl (C=O) groups excluding carboxylic acids is 1. The van der Waals surface area contributed by atoms with E-state index in [9.17, 15) is 9.18 Å². The van der Waals surface area contributed by atoms with Crippen LogP contribution in [0.1, 0.15) is 4.88 Å². The van der Waals surface area contributed by atoms with Crippen LogP contribution < -0.4 is 5.32 Å². The molecule has 0 saturated heterocycles. The number of thioether (sulfide) groups is 1. The van der Waals surface area contributed by atoms with E-state index in [1.54, 1.807) is 11.3 Å². The summed E-state index contributed by atoms with van der Waals surface area (Å²) in [6, 6.07) is 17.0. The molecule has 0 bridgehead atoms. The van der Waals surface area contributed by atoms with E-state index in [4.69, 9.17) is 4.42 Å². The first-order valence-corrected chi connectivity index (χ1v) is 10.7. The van der Waals surface area contributed by atoms with Gasteiger partial charge >= 0.3 is 0 Å². The van der Waals surface area contributed by atoms with Crippen LogP contribution in [0.4, 0.5) is 15.8 Å². The van der Waals surface area contributed by atoms with Crippen LogP contribution in [0, 0.1) is 5.82 Å². The molecular weight excluding hydrogens is 423 g/mol. The molecular formula is C21H15FN4O2S2. The first-order chi connectivity index (χ1) is 14.7. The number of aliphatic imine (C=N–C) groups is 1. The Morgan fingerprint density at radius 2 is 1.93 bits per heavy atom. The Morgan fingerprint density at radius 3 is 2.67 bits per heavy atom. The minimum Gasteiger partial charge on any atom is -0.411 e. The first kappa shape index (κ1) is 20.0. The van der Waals surface area contributed by atoms with Crippen LogP contribution in [-0.4, -0.2) is 28.1 Å². The lowest BCUT2D eigenvalue weighted by molar-refractivity contribution is -0.113. The molecule has 4 aromatic rings. The smallest absolute Gasteiger partial charge is 0.277 e. The quantitative estimate of drug-likeness (QED) is 0.308. The maximum Gasteiger partial charge on any atom is 0.277 e. The Hall–Kier alpha value is -3.30. The van der Waals surface area contributed by atoms with E-state index in [0.717, 1.165) is 27.9 Å². The highest BCUT2D eigenvalue weighted by Gasteiger charge is 2.11. The monoisotopic (exact) mass is 438 g/mol. The van der Waals surface area contributed by atoms with Crippen molar-refractivity contribution in [3.63, 3.8) is 0 Å². The number of nitrogens with zero attached hydrogens (tertiary/aromatic N) is 3. The third-order valence-corrected chi connectivity index (χ3v) is 5.48. The van der Waals surface area contributed by atoms with E-state index in [-0.39, 0.29) is 17.5 Å². The molecule has 0 fully saturated rings. The molecule has 0 unspecified atom stereocenters. The molecule has 150 valence electrons. The Balaban J connectivity index is 1.32. The lowest BCUT2D eigenvalue weighted by Gasteiger charge is -2.03. The number of rotatable bonds is 7. The van der Waals surface area contributed by atoms with E-state index in [1.165, 1.54) is 24.3 Å². The second kappa shape index (κ2) is 9.47. The predicted octanol–water partition coefficient (Wildman–Crippen LogP) is 5.42. The molecule has 0 aliphatic carbocycles. The SMILES string of the molecule is O=C(CSc1nnc(-c2ccc(N=Cc3cccs3)cc2)o1)Nc1ccc(F)cc1. The fourth-order valence-electron chi connectivity index (χ4n) is 2.44. The van der Waals surface area contributed by atoms with Crippen LogP contribution in [-0.2, 0) is 4.79 Å². The zero-order chi connectivity index (χ0) is 20.8. The second-order valence-corrected chi connectivity index (χ2v) is 7.94. The Labute approximate surface area is 179 Å². The number of anilines is 1. The van der Waals surface area contributed by atoms with Gasteiger partial charge in [0, 0.05) is 22.3 Å². The van der Waals surface area contributed by atoms with Gasteiger partial charge in [-0.15, -0.1) is 21.5 Å². The normalized spacial score (nSPS) is 11.1. The van der Waals surface area contributed by atoms with Gasteiger partial charge in [0.25, 0.3) is 5.22 Å². The number of nitrogens with one attached hydrogen (secondary N) is 1. The number of hydrogen-bond donors (Lipinski definition) is 1. The number of halogens is 1. The molecule has 2 aromatic heterocycles. The molecule has 2 aromatic carbocycles. The van der Waals surface area contributed by atoms with Crippen molar-refractivity contribution in [2.24, 2.45) is 4.99 Å². The van der Waals surface area contributed by atoms with Gasteiger partial charge in [0.2, 0.25) is 11.8 Å². The average Bonchev–Trinajstić information content (AvgIpc) is 3.45. The number of hydrogen-bond acceptors (Lipinski definition) is 7. The highest BCUT2D eigenvalue weighted by atomic mass is 32.2. The molecule has 1 amide bonds. The van der Waals surface area contributed by atoms with Crippen LogP contribution in [0.2, 0.25) is 0 Å². The lowest BCUT2D eigenvalue weighted by Crippen LogP contribution is -2.13. The summed E-state index contributed by atoms with van der Waals surface area (Å²) < 4.78 is 18.5. The number of benzene rings is 2. The van der Waals surface area contributed by atoms with E-state index in [0.29, 0.717) is 16.8 Å². The Morgan fingerprint density at radius 1 is 1.13 bits per heavy atom. The number of aromatic nitrogens is 2. The lowest BCUT2D eigenvalue weighted by atomic mass is 10.2. The topological polar surface area (TPSA) is 80.4 Å². The summed E-state index contributed by atoms with van der Waals surface area (Å²) in [6.45, 7) is 0. The van der Waals surface area contributed by atoms with Crippen molar-refractivity contribution in [2.75, 3.05) is 11.1 Å². The Bertz CT molecular complexity index is 1140. The minimum absolute atomic E-state index is 0.0926. The number of amides is 1. The van der Waals surface area contributed by atoms with Gasteiger partial charge in [-0.1, -0.05) is 17.8 Å². The molecule has 0 atom stereocenters. The van der Waals surface area contributed by atoms with E-state index in [2.05, 4.69) is 20.5 Å². The average molecular weight is 439 g/mol. The van der Waals surface area contributed by atoms with Crippen molar-refractivity contribution in [3.8, 4) is 11.5 Å². The maximum atomic E-state index is 12.9. The predicted molar refractivity (Wildman–Crippen MR) is 117 cm³/mol. The van der Waals surface area contributed by atoms with Crippen LogP contribution in [0.5, 0.6) is 0 Å². The van der Waals surface area contributed by atoms with Crippen molar-refractivity contribution in [3.05, 3.63) is 76.7 Å². The van der Waals surface area contributed by atoms with Gasteiger partial charge in [-0.05, 0) is 60.0 Å². The molecule has 0 spiro atoms. The summed E-state index contributed by atoms with van der Waals surface area (Å²) >= 11 is 2.75. The summed E-state index contributed by atoms with van der Waals surface area (Å²) in [5.41, 5.74) is 2.11. The largest absolute Gasteiger partial charge is 0.411 e. The van der Waals surface area contributed by atoms with Gasteiger partial charge in [0.05, 0.1) is 11.4 Å². The van der Waals surface area contributed by atoms with Gasteiger partial charge < -0.3 is 9.73 Å². The van der Waals surface area contributed by atoms with Gasteiger partial charge in [-0.25, -0.2) is 4.39 Å². The van der Waals surface area contributed by atoms with E-state index < -0.39 is 0 Å². The molecule has 0 aliphatic heterocycles. The summed E-state index contributed by atoms with van der Waals surface area (Å²) in [6.07, 6.45) is 1.82. The molecule has 30 heavy (non-hydrogen) atoms. The molecule has 0 saturated carbocycles. The molecule has 1 N–H and O–H groups in total. The molecule has 2 heterocycles. The second-order valence-electron chi connectivity index (χ2n) is 6.04. The van der Waals surface area contributed by atoms with E-state index in [1.807, 2.05) is 48.0 Å². The van der Waals surface area contributed by atoms with Crippen molar-refractivity contribution in [1.82, 2.24) is 10.2 Å². The van der Waals surface area contributed by atoms with Gasteiger partial charge in [-0.2, -0.15) is 0 Å². The summed E-state index contributed by atoms with van der Waals surface area (Å²) in [7, 11) is 0. The summed E-state index contributed by atoms with van der Waals surface area (Å²) in [5.74, 6) is -0.150. The fourth-order valence-corrected chi connectivity index (χ4v) is 3.58. The van der Waals surface area contributed by atoms with Crippen molar-refractivity contribution < 1.29 is 13.6 Å². The van der Waals surface area contributed by atoms with Crippen molar-refractivity contribution >= 4 is 46.6 Å². The zero-order valence-electron chi connectivity index (χ0n) is 15.5. The van der Waals surface area contributed by atoms with Gasteiger partial charge in [0.15, 0.2) is 0 Å². The van der Waals surface area contributed by atoms with E-state index >= 15 is 0 Å². The number of carbonyl (C=O) groups is 1. The zero-order valence-corrected chi connectivity index (χ0v) is 17.1. The van der Waals surface area contributed by atoms with Crippen LogP contribution >= 0.6 is 23.1 Å². The molecule has 4 rings (SSSR count). The van der Waals surface area contributed by atoms with Crippen molar-refractivity contribution in [1.29, 1.82) is 0 Å². The first-order valence-electron chi connectivity index (χ1n) is 8.85. The highest BCUT2D eigenvalue weighted by molar-refractivity contribution is 7.99. The van der Waals surface area contributed by atoms with Crippen LogP contribution in [0.15, 0.2) is 80.7 Å². The van der Waals surface area contributed by atoms with Gasteiger partial charge in [-0.3, -0.25) is 9.79 Å². The summed E-state index contributed by atoms with van der Waals surface area (Å²) in [4.78, 5) is 17.5. The third-order valence-electron chi connectivity index (χ3n) is 3.86. The Kier molecular flexibility index (Phi) is 6.31. The minimum atomic E-state index is -0.358. The fraction of sp³-hybridized carbons (Fsp3) is 0.0476. The van der Waals surface area contributed by atoms with Gasteiger partial charge in [0.1, 0.15) is 5.82 Å². The standard InChI is InChI=1S/C21H15FN4O2S2/c22-15-5-9-17(10-6-15)24-19(27)13-30-21-26-25-20(28-21)14-3-7-16(8-4-14)23-12-18-2-1-11-29-18/h1-12H,13H2,(H,24,27). The third kappa shape index (κ3) is 5.40. The van der Waals surface area contributed by atoms with Crippen LogP contribution in [0.3, 0.4) is 0 Å². The summed E-state index contributed by atoms with van der Waals surface area (Å²) in [5, 5.41) is 13.0. The number of thiophene rings is 1. The van der Waals surface area contributed by atoms with Crippen LogP contribution in [0.25, 0.3) is 11.5 Å². The molecule has 6 nitrogen and oxygen atoms in total. The van der Waals surface area contributed by atoms with Crippen molar-refractivity contribution in [2.45, 2.75) is 5.22 Å².